The van der Waals surface area contributed by atoms with E-state index in [4.69, 9.17) is 14.2 Å². The molecule has 0 radical (unpaired) electrons. The third-order valence-electron chi connectivity index (χ3n) is 3.78. The van der Waals surface area contributed by atoms with Crippen LogP contribution >= 0.6 is 24.0 Å². The Morgan fingerprint density at radius 1 is 1.39 bits per heavy atom. The fourth-order valence-corrected chi connectivity index (χ4v) is 2.33. The van der Waals surface area contributed by atoms with Gasteiger partial charge < -0.3 is 24.8 Å². The monoisotopic (exact) mass is 443 g/mol. The number of hydrogen-bond donors (Lipinski definition) is 2. The standard InChI is InChI=1S/C16H33N3O3.HI/c1-12(10-22-13-7-8-21-11-13)19-15(17-5)18-9-14(20-6)16(2,3)4;/h12-14H,7-11H2,1-6H3,(H2,17,18,19);1H. The maximum Gasteiger partial charge on any atom is 0.191 e. The van der Waals surface area contributed by atoms with E-state index in [1.165, 1.54) is 0 Å². The quantitative estimate of drug-likeness (QED) is 0.358. The smallest absolute Gasteiger partial charge is 0.191 e. The third-order valence-corrected chi connectivity index (χ3v) is 3.78. The second kappa shape index (κ2) is 11.4. The molecule has 2 N–H and O–H groups in total. The van der Waals surface area contributed by atoms with Crippen LogP contribution in [0.4, 0.5) is 0 Å². The number of rotatable bonds is 7. The van der Waals surface area contributed by atoms with Crippen LogP contribution in [-0.2, 0) is 14.2 Å². The van der Waals surface area contributed by atoms with E-state index in [1.807, 2.05) is 0 Å². The van der Waals surface area contributed by atoms with Gasteiger partial charge >= 0.3 is 0 Å². The molecule has 3 atom stereocenters. The van der Waals surface area contributed by atoms with Gasteiger partial charge in [0.25, 0.3) is 0 Å². The summed E-state index contributed by atoms with van der Waals surface area (Å²) in [4.78, 5) is 4.25. The van der Waals surface area contributed by atoms with E-state index in [2.05, 4.69) is 43.3 Å². The van der Waals surface area contributed by atoms with E-state index in [0.717, 1.165) is 19.0 Å². The molecule has 0 aromatic carbocycles. The van der Waals surface area contributed by atoms with Crippen molar-refractivity contribution in [3.8, 4) is 0 Å². The zero-order valence-electron chi connectivity index (χ0n) is 15.3. The van der Waals surface area contributed by atoms with Crippen molar-refractivity contribution in [3.05, 3.63) is 0 Å². The van der Waals surface area contributed by atoms with Crippen LogP contribution in [0.1, 0.15) is 34.1 Å². The molecule has 1 aliphatic heterocycles. The summed E-state index contributed by atoms with van der Waals surface area (Å²) in [6, 6.07) is 0.183. The average Bonchev–Trinajstić information content (AvgIpc) is 2.96. The van der Waals surface area contributed by atoms with E-state index >= 15 is 0 Å². The van der Waals surface area contributed by atoms with Crippen molar-refractivity contribution in [1.29, 1.82) is 0 Å². The minimum Gasteiger partial charge on any atom is -0.379 e. The van der Waals surface area contributed by atoms with Gasteiger partial charge in [-0.2, -0.15) is 0 Å². The van der Waals surface area contributed by atoms with Gasteiger partial charge in [-0.15, -0.1) is 24.0 Å². The third kappa shape index (κ3) is 9.07. The van der Waals surface area contributed by atoms with Gasteiger partial charge in [0.1, 0.15) is 0 Å². The molecular weight excluding hydrogens is 409 g/mol. The van der Waals surface area contributed by atoms with Crippen molar-refractivity contribution >= 4 is 29.9 Å². The van der Waals surface area contributed by atoms with Crippen molar-refractivity contribution in [2.45, 2.75) is 52.4 Å². The molecule has 1 aliphatic rings. The van der Waals surface area contributed by atoms with Gasteiger partial charge in [-0.3, -0.25) is 4.99 Å². The van der Waals surface area contributed by atoms with Crippen LogP contribution in [0.2, 0.25) is 0 Å². The maximum atomic E-state index is 5.82. The van der Waals surface area contributed by atoms with Gasteiger partial charge in [0.15, 0.2) is 5.96 Å². The van der Waals surface area contributed by atoms with Gasteiger partial charge in [0, 0.05) is 33.4 Å². The fourth-order valence-electron chi connectivity index (χ4n) is 2.33. The normalized spacial score (nSPS) is 21.5. The molecule has 0 amide bonds. The molecule has 1 rings (SSSR count). The molecule has 0 saturated carbocycles. The zero-order chi connectivity index (χ0) is 16.6. The first-order valence-electron chi connectivity index (χ1n) is 8.06. The number of methoxy groups -OCH3 is 1. The number of nitrogens with zero attached hydrogens (tertiary/aromatic N) is 1. The van der Waals surface area contributed by atoms with Crippen LogP contribution in [0.5, 0.6) is 0 Å². The lowest BCUT2D eigenvalue weighted by Gasteiger charge is -2.30. The molecule has 7 heteroatoms. The average molecular weight is 443 g/mol. The number of aliphatic imine (C=N–C) groups is 1. The summed E-state index contributed by atoms with van der Waals surface area (Å²) in [5, 5.41) is 6.66. The molecule has 138 valence electrons. The Hall–Kier alpha value is -0.120. The van der Waals surface area contributed by atoms with Crippen molar-refractivity contribution in [2.75, 3.05) is 40.5 Å². The highest BCUT2D eigenvalue weighted by molar-refractivity contribution is 14.0. The summed E-state index contributed by atoms with van der Waals surface area (Å²) >= 11 is 0. The minimum atomic E-state index is 0. The van der Waals surface area contributed by atoms with Crippen LogP contribution in [-0.4, -0.2) is 64.7 Å². The molecule has 23 heavy (non-hydrogen) atoms. The molecule has 0 aliphatic carbocycles. The van der Waals surface area contributed by atoms with E-state index in [1.54, 1.807) is 14.2 Å². The number of ether oxygens (including phenoxy) is 3. The molecule has 1 fully saturated rings. The Bertz CT molecular complexity index is 342. The van der Waals surface area contributed by atoms with Crippen LogP contribution in [0, 0.1) is 5.41 Å². The first-order chi connectivity index (χ1) is 10.4. The van der Waals surface area contributed by atoms with Gasteiger partial charge in [0.05, 0.1) is 25.4 Å². The van der Waals surface area contributed by atoms with Crippen molar-refractivity contribution < 1.29 is 14.2 Å². The minimum absolute atomic E-state index is 0. The van der Waals surface area contributed by atoms with Gasteiger partial charge in [-0.1, -0.05) is 20.8 Å². The van der Waals surface area contributed by atoms with Crippen LogP contribution in [0.25, 0.3) is 0 Å². The first-order valence-corrected chi connectivity index (χ1v) is 8.06. The SMILES string of the molecule is CN=C(NCC(OC)C(C)(C)C)NC(C)COC1CCOC1.I. The van der Waals surface area contributed by atoms with Crippen molar-refractivity contribution in [3.63, 3.8) is 0 Å². The van der Waals surface area contributed by atoms with E-state index in [0.29, 0.717) is 19.8 Å². The number of hydrogen-bond acceptors (Lipinski definition) is 4. The number of guanidine groups is 1. The Morgan fingerprint density at radius 3 is 2.57 bits per heavy atom. The molecular formula is C16H34IN3O3. The summed E-state index contributed by atoms with van der Waals surface area (Å²) in [5.41, 5.74) is 0.0812. The van der Waals surface area contributed by atoms with Gasteiger partial charge in [0.2, 0.25) is 0 Å². The highest BCUT2D eigenvalue weighted by atomic mass is 127. The van der Waals surface area contributed by atoms with E-state index in [-0.39, 0.29) is 47.6 Å². The second-order valence-corrected chi connectivity index (χ2v) is 6.91. The number of nitrogens with one attached hydrogen (secondary N) is 2. The van der Waals surface area contributed by atoms with Crippen molar-refractivity contribution in [1.82, 2.24) is 10.6 Å². The summed E-state index contributed by atoms with van der Waals surface area (Å²) in [6.45, 7) is 11.4. The maximum absolute atomic E-state index is 5.82. The highest BCUT2D eigenvalue weighted by Crippen LogP contribution is 2.20. The van der Waals surface area contributed by atoms with Crippen LogP contribution in [0.15, 0.2) is 4.99 Å². The molecule has 1 saturated heterocycles. The summed E-state index contributed by atoms with van der Waals surface area (Å²) < 4.78 is 16.7. The summed E-state index contributed by atoms with van der Waals surface area (Å²) in [5.74, 6) is 0.769. The Balaban J connectivity index is 0.00000484. The lowest BCUT2D eigenvalue weighted by Crippen LogP contribution is -2.48. The Kier molecular flexibility index (Phi) is 11.4. The largest absolute Gasteiger partial charge is 0.379 e. The Morgan fingerprint density at radius 2 is 2.09 bits per heavy atom. The lowest BCUT2D eigenvalue weighted by molar-refractivity contribution is 0.0202. The molecule has 0 aromatic heterocycles. The molecule has 1 heterocycles. The second-order valence-electron chi connectivity index (χ2n) is 6.91. The fraction of sp³-hybridized carbons (Fsp3) is 0.938. The number of halogens is 1. The Labute approximate surface area is 158 Å². The zero-order valence-corrected chi connectivity index (χ0v) is 17.7. The molecule has 0 bridgehead atoms. The van der Waals surface area contributed by atoms with Crippen molar-refractivity contribution in [2.24, 2.45) is 10.4 Å². The topological polar surface area (TPSA) is 64.1 Å². The van der Waals surface area contributed by atoms with Crippen LogP contribution in [0.3, 0.4) is 0 Å². The van der Waals surface area contributed by atoms with E-state index in [9.17, 15) is 0 Å². The molecule has 0 aromatic rings. The van der Waals surface area contributed by atoms with E-state index < -0.39 is 0 Å². The molecule has 6 nitrogen and oxygen atoms in total. The van der Waals surface area contributed by atoms with Gasteiger partial charge in [-0.25, -0.2) is 0 Å². The van der Waals surface area contributed by atoms with Gasteiger partial charge in [-0.05, 0) is 18.8 Å². The van der Waals surface area contributed by atoms with Crippen LogP contribution < -0.4 is 10.6 Å². The predicted molar refractivity (Wildman–Crippen MR) is 105 cm³/mol. The lowest BCUT2D eigenvalue weighted by atomic mass is 9.89. The predicted octanol–water partition coefficient (Wildman–Crippen LogP) is 2.02. The molecule has 3 unspecified atom stereocenters. The highest BCUT2D eigenvalue weighted by Gasteiger charge is 2.24. The summed E-state index contributed by atoms with van der Waals surface area (Å²) in [6.07, 6.45) is 1.34. The first kappa shape index (κ1) is 22.9. The summed E-state index contributed by atoms with van der Waals surface area (Å²) in [7, 11) is 3.51. The molecule has 0 spiro atoms.